The lowest BCUT2D eigenvalue weighted by Gasteiger charge is -2.08. The molecule has 1 amide bonds. The van der Waals surface area contributed by atoms with Crippen molar-refractivity contribution < 1.29 is 9.59 Å². The Morgan fingerprint density at radius 1 is 1.05 bits per heavy atom. The van der Waals surface area contributed by atoms with Crippen LogP contribution in [-0.2, 0) is 11.2 Å². The van der Waals surface area contributed by atoms with Crippen molar-refractivity contribution in [1.82, 2.24) is 0 Å². The molecule has 3 nitrogen and oxygen atoms in total. The van der Waals surface area contributed by atoms with E-state index in [1.54, 1.807) is 24.3 Å². The van der Waals surface area contributed by atoms with Crippen molar-refractivity contribution >= 4 is 17.4 Å². The number of hydrogen-bond donors (Lipinski definition) is 1. The van der Waals surface area contributed by atoms with Gasteiger partial charge < -0.3 is 5.32 Å². The number of rotatable bonds is 4. The van der Waals surface area contributed by atoms with E-state index in [0.29, 0.717) is 17.7 Å². The maximum absolute atomic E-state index is 12.0. The van der Waals surface area contributed by atoms with Crippen molar-refractivity contribution in [3.63, 3.8) is 0 Å². The van der Waals surface area contributed by atoms with Gasteiger partial charge in [0.2, 0.25) is 5.91 Å². The van der Waals surface area contributed by atoms with Gasteiger partial charge in [-0.15, -0.1) is 0 Å². The van der Waals surface area contributed by atoms with E-state index in [1.165, 1.54) is 6.92 Å². The van der Waals surface area contributed by atoms with Gasteiger partial charge in [-0.25, -0.2) is 0 Å². The Labute approximate surface area is 118 Å². The molecule has 0 radical (unpaired) electrons. The predicted octanol–water partition coefficient (Wildman–Crippen LogP) is 3.38. The van der Waals surface area contributed by atoms with Gasteiger partial charge in [0.15, 0.2) is 5.78 Å². The number of carbonyl (C=O) groups excluding carboxylic acids is 2. The van der Waals surface area contributed by atoms with Gasteiger partial charge in [-0.2, -0.15) is 0 Å². The van der Waals surface area contributed by atoms with E-state index in [-0.39, 0.29) is 11.7 Å². The third-order valence-corrected chi connectivity index (χ3v) is 3.17. The van der Waals surface area contributed by atoms with Gasteiger partial charge in [0, 0.05) is 11.3 Å². The minimum Gasteiger partial charge on any atom is -0.326 e. The van der Waals surface area contributed by atoms with E-state index in [2.05, 4.69) is 5.32 Å². The van der Waals surface area contributed by atoms with Crippen molar-refractivity contribution in [3.05, 3.63) is 65.2 Å². The summed E-state index contributed by atoms with van der Waals surface area (Å²) in [5.74, 6) is -0.0972. The molecule has 0 unspecified atom stereocenters. The molecule has 2 rings (SSSR count). The molecule has 0 fully saturated rings. The third kappa shape index (κ3) is 3.54. The van der Waals surface area contributed by atoms with Gasteiger partial charge in [0.25, 0.3) is 0 Å². The number of carbonyl (C=O) groups is 2. The number of hydrogen-bond acceptors (Lipinski definition) is 2. The number of ketones is 1. The van der Waals surface area contributed by atoms with Gasteiger partial charge in [0.05, 0.1) is 6.42 Å². The van der Waals surface area contributed by atoms with Crippen molar-refractivity contribution in [3.8, 4) is 0 Å². The highest BCUT2D eigenvalue weighted by Crippen LogP contribution is 2.13. The van der Waals surface area contributed by atoms with Crippen LogP contribution >= 0.6 is 0 Å². The van der Waals surface area contributed by atoms with Crippen LogP contribution in [0.1, 0.15) is 28.4 Å². The summed E-state index contributed by atoms with van der Waals surface area (Å²) in [5.41, 5.74) is 3.35. The van der Waals surface area contributed by atoms with E-state index in [0.717, 1.165) is 11.1 Å². The van der Waals surface area contributed by atoms with E-state index >= 15 is 0 Å². The fourth-order valence-electron chi connectivity index (χ4n) is 2.00. The molecule has 0 aliphatic carbocycles. The molecule has 0 aliphatic heterocycles. The number of nitrogens with one attached hydrogen (secondary N) is 1. The molecule has 2 aromatic rings. The maximum Gasteiger partial charge on any atom is 0.228 e. The third-order valence-electron chi connectivity index (χ3n) is 3.17. The van der Waals surface area contributed by atoms with E-state index < -0.39 is 0 Å². The molecule has 102 valence electrons. The Bertz CT molecular complexity index is 647. The molecule has 20 heavy (non-hydrogen) atoms. The summed E-state index contributed by atoms with van der Waals surface area (Å²) in [5, 5.41) is 2.82. The average molecular weight is 267 g/mol. The fourth-order valence-corrected chi connectivity index (χ4v) is 2.00. The fraction of sp³-hybridized carbons (Fsp3) is 0.176. The summed E-state index contributed by atoms with van der Waals surface area (Å²) in [7, 11) is 0. The Hall–Kier alpha value is -2.42. The molecule has 1 N–H and O–H groups in total. The molecule has 0 heterocycles. The second-order valence-electron chi connectivity index (χ2n) is 4.79. The minimum atomic E-state index is -0.0833. The van der Waals surface area contributed by atoms with Crippen LogP contribution in [0, 0.1) is 6.92 Å². The zero-order chi connectivity index (χ0) is 14.5. The van der Waals surface area contributed by atoms with Crippen molar-refractivity contribution in [2.24, 2.45) is 0 Å². The number of aryl methyl sites for hydroxylation is 1. The first-order valence-electron chi connectivity index (χ1n) is 6.51. The quantitative estimate of drug-likeness (QED) is 0.863. The van der Waals surface area contributed by atoms with Gasteiger partial charge in [-0.05, 0) is 37.1 Å². The van der Waals surface area contributed by atoms with Crippen LogP contribution in [0.5, 0.6) is 0 Å². The van der Waals surface area contributed by atoms with Crippen molar-refractivity contribution in [1.29, 1.82) is 0 Å². The highest BCUT2D eigenvalue weighted by molar-refractivity contribution is 5.97. The summed E-state index contributed by atoms with van der Waals surface area (Å²) in [6.07, 6.45) is 0.330. The monoisotopic (exact) mass is 267 g/mol. The Balaban J connectivity index is 2.07. The molecule has 0 saturated carbocycles. The number of anilines is 1. The topological polar surface area (TPSA) is 46.2 Å². The van der Waals surface area contributed by atoms with E-state index in [9.17, 15) is 9.59 Å². The Morgan fingerprint density at radius 3 is 2.50 bits per heavy atom. The molecule has 0 atom stereocenters. The number of Topliss-reactive ketones (excluding diaryl/α,β-unsaturated/α-hetero) is 1. The van der Waals surface area contributed by atoms with Crippen LogP contribution in [0.2, 0.25) is 0 Å². The van der Waals surface area contributed by atoms with Crippen molar-refractivity contribution in [2.45, 2.75) is 20.3 Å². The van der Waals surface area contributed by atoms with Crippen LogP contribution in [0.4, 0.5) is 5.69 Å². The highest BCUT2D eigenvalue weighted by Gasteiger charge is 2.07. The summed E-state index contributed by atoms with van der Waals surface area (Å²) in [6.45, 7) is 3.49. The van der Waals surface area contributed by atoms with Crippen LogP contribution in [0.15, 0.2) is 48.5 Å². The summed E-state index contributed by atoms with van der Waals surface area (Å²) in [6, 6.07) is 14.8. The zero-order valence-electron chi connectivity index (χ0n) is 11.6. The molecule has 0 aromatic heterocycles. The number of amides is 1. The van der Waals surface area contributed by atoms with Crippen LogP contribution in [-0.4, -0.2) is 11.7 Å². The number of benzene rings is 2. The lowest BCUT2D eigenvalue weighted by molar-refractivity contribution is -0.115. The Kier molecular flexibility index (Phi) is 4.31. The maximum atomic E-state index is 12.0. The molecule has 3 heteroatoms. The van der Waals surface area contributed by atoms with Crippen LogP contribution in [0.3, 0.4) is 0 Å². The second-order valence-corrected chi connectivity index (χ2v) is 4.79. The second kappa shape index (κ2) is 6.15. The minimum absolute atomic E-state index is 0.0139. The summed E-state index contributed by atoms with van der Waals surface area (Å²) < 4.78 is 0. The highest BCUT2D eigenvalue weighted by atomic mass is 16.1. The largest absolute Gasteiger partial charge is 0.326 e. The molecular weight excluding hydrogens is 250 g/mol. The summed E-state index contributed by atoms with van der Waals surface area (Å²) >= 11 is 0. The molecule has 2 aromatic carbocycles. The first kappa shape index (κ1) is 14.0. The smallest absolute Gasteiger partial charge is 0.228 e. The lowest BCUT2D eigenvalue weighted by atomic mass is 10.1. The Morgan fingerprint density at radius 2 is 1.80 bits per heavy atom. The van der Waals surface area contributed by atoms with Gasteiger partial charge in [0.1, 0.15) is 0 Å². The van der Waals surface area contributed by atoms with E-state index in [4.69, 9.17) is 0 Å². The first-order chi connectivity index (χ1) is 9.56. The lowest BCUT2D eigenvalue weighted by Crippen LogP contribution is -2.15. The van der Waals surface area contributed by atoms with E-state index in [1.807, 2.05) is 31.2 Å². The summed E-state index contributed by atoms with van der Waals surface area (Å²) in [4.78, 5) is 23.3. The normalized spacial score (nSPS) is 10.1. The standard InChI is InChI=1S/C17H17NO2/c1-12-6-3-4-7-14(12)11-17(20)18-16-9-5-8-15(10-16)13(2)19/h3-10H,11H2,1-2H3,(H,18,20). The SMILES string of the molecule is CC(=O)c1cccc(NC(=O)Cc2ccccc2C)c1. The molecular formula is C17H17NO2. The molecule has 0 aliphatic rings. The van der Waals surface area contributed by atoms with Gasteiger partial charge >= 0.3 is 0 Å². The molecule has 0 spiro atoms. The molecule has 0 bridgehead atoms. The van der Waals surface area contributed by atoms with Crippen LogP contribution < -0.4 is 5.32 Å². The average Bonchev–Trinajstić information content (AvgIpc) is 2.41. The van der Waals surface area contributed by atoms with Gasteiger partial charge in [-0.3, -0.25) is 9.59 Å². The predicted molar refractivity (Wildman–Crippen MR) is 80.0 cm³/mol. The van der Waals surface area contributed by atoms with Crippen LogP contribution in [0.25, 0.3) is 0 Å². The first-order valence-corrected chi connectivity index (χ1v) is 6.51. The molecule has 0 saturated heterocycles. The zero-order valence-corrected chi connectivity index (χ0v) is 11.6. The van der Waals surface area contributed by atoms with Crippen molar-refractivity contribution in [2.75, 3.05) is 5.32 Å². The van der Waals surface area contributed by atoms with Gasteiger partial charge in [-0.1, -0.05) is 36.4 Å².